The molecule has 0 spiro atoms. The van der Waals surface area contributed by atoms with E-state index in [1.807, 2.05) is 19.2 Å². The van der Waals surface area contributed by atoms with Gasteiger partial charge in [-0.15, -0.1) is 11.5 Å². The maximum Gasteiger partial charge on any atom is 2.00 e. The monoisotopic (exact) mass is 706 g/mol. The Bertz CT molecular complexity index is 1690. The van der Waals surface area contributed by atoms with E-state index in [4.69, 9.17) is 9.98 Å². The number of aryl methyl sites for hydroxylation is 6. The van der Waals surface area contributed by atoms with Crippen molar-refractivity contribution >= 4 is 42.1 Å². The van der Waals surface area contributed by atoms with Gasteiger partial charge in [-0.25, -0.2) is 0 Å². The summed E-state index contributed by atoms with van der Waals surface area (Å²) in [6.07, 6.45) is 10.5. The number of benzene rings is 4. The summed E-state index contributed by atoms with van der Waals surface area (Å²) in [6.45, 7) is 20.2. The molecule has 0 saturated heterocycles. The molecule has 0 aliphatic carbocycles. The van der Waals surface area contributed by atoms with Crippen LogP contribution in [0.3, 0.4) is 0 Å². The number of nitrogens with zero attached hydrogens (tertiary/aromatic N) is 2. The number of hydrogen-bond acceptors (Lipinski definition) is 4. The standard InChI is InChI=1S/C26H36N2.C16H22O2Si.Ni/c1-6-11-12-26(28-25-16-14-21(8-3)23(10-5)18-25)19-27-24-15-13-20(7-2)22(9-4)17-24;1-11-12(7-8-19(2,3)4)5-6-13-9-15(17)16(18)10-14(11)13;/h13-19H,6-12H2,1-5H3;5-6,9-10,17-18H,7-8H2,1-4H3;/q;;+2/p-2. The Morgan fingerprint density at radius 1 is 0.688 bits per heavy atom. The van der Waals surface area contributed by atoms with Crippen molar-refractivity contribution in [2.75, 3.05) is 0 Å². The van der Waals surface area contributed by atoms with E-state index in [1.54, 1.807) is 0 Å². The molecule has 0 radical (unpaired) electrons. The summed E-state index contributed by atoms with van der Waals surface area (Å²) in [5.74, 6) is -0.820. The minimum Gasteiger partial charge on any atom is -0.873 e. The van der Waals surface area contributed by atoms with Gasteiger partial charge in [0, 0.05) is 14.3 Å². The molecule has 48 heavy (non-hydrogen) atoms. The first-order valence-corrected chi connectivity index (χ1v) is 21.4. The zero-order valence-corrected chi connectivity index (χ0v) is 32.7. The summed E-state index contributed by atoms with van der Waals surface area (Å²) in [6, 6.07) is 21.4. The fraction of sp³-hybridized carbons (Fsp3) is 0.429. The average Bonchev–Trinajstić information content (AvgIpc) is 3.06. The van der Waals surface area contributed by atoms with Crippen LogP contribution in [-0.2, 0) is 48.6 Å². The van der Waals surface area contributed by atoms with Crippen LogP contribution in [0.2, 0.25) is 25.7 Å². The van der Waals surface area contributed by atoms with Crippen LogP contribution in [0.25, 0.3) is 10.8 Å². The molecule has 0 saturated carbocycles. The third kappa shape index (κ3) is 12.0. The van der Waals surface area contributed by atoms with Gasteiger partial charge in [-0.3, -0.25) is 9.98 Å². The second-order valence-electron chi connectivity index (χ2n) is 13.7. The maximum atomic E-state index is 11.5. The van der Waals surface area contributed by atoms with E-state index in [9.17, 15) is 10.2 Å². The fourth-order valence-corrected chi connectivity index (χ4v) is 6.87. The third-order valence-corrected chi connectivity index (χ3v) is 10.7. The molecule has 0 amide bonds. The molecule has 0 N–H and O–H groups in total. The molecule has 260 valence electrons. The SMILES string of the molecule is CCCCC(C=Nc1ccc(CC)c(CC)c1)=Nc1ccc(CC)c(CC)c1.Cc1c(CC[Si](C)(C)C)ccc2cc([O-])c([O-])cc12.[Ni+2]. The average molecular weight is 708 g/mol. The molecule has 0 atom stereocenters. The van der Waals surface area contributed by atoms with Crippen LogP contribution < -0.4 is 10.2 Å². The Balaban J connectivity index is 0.000000349. The molecule has 0 heterocycles. The largest absolute Gasteiger partial charge is 2.00 e. The summed E-state index contributed by atoms with van der Waals surface area (Å²) >= 11 is 0. The van der Waals surface area contributed by atoms with Crippen LogP contribution in [-0.4, -0.2) is 20.0 Å². The quantitative estimate of drug-likeness (QED) is 0.103. The van der Waals surface area contributed by atoms with Gasteiger partial charge in [0.25, 0.3) is 0 Å². The van der Waals surface area contributed by atoms with Gasteiger partial charge >= 0.3 is 16.5 Å². The first-order chi connectivity index (χ1) is 22.4. The van der Waals surface area contributed by atoms with E-state index in [-0.39, 0.29) is 16.5 Å². The molecule has 4 rings (SSSR count). The van der Waals surface area contributed by atoms with Crippen molar-refractivity contribution < 1.29 is 26.7 Å². The van der Waals surface area contributed by atoms with Gasteiger partial charge in [0.1, 0.15) is 0 Å². The van der Waals surface area contributed by atoms with Crippen LogP contribution in [0.4, 0.5) is 11.4 Å². The van der Waals surface area contributed by atoms with E-state index in [0.717, 1.165) is 84.8 Å². The van der Waals surface area contributed by atoms with Gasteiger partial charge in [0.15, 0.2) is 0 Å². The van der Waals surface area contributed by atoms with E-state index in [0.29, 0.717) is 0 Å². The van der Waals surface area contributed by atoms with E-state index in [2.05, 4.69) is 96.7 Å². The Morgan fingerprint density at radius 3 is 1.79 bits per heavy atom. The third-order valence-electron chi connectivity index (χ3n) is 8.94. The van der Waals surface area contributed by atoms with Crippen LogP contribution in [0.1, 0.15) is 87.3 Å². The summed E-state index contributed by atoms with van der Waals surface area (Å²) in [7, 11) is -1.06. The van der Waals surface area contributed by atoms with Gasteiger partial charge in [-0.2, -0.15) is 0 Å². The Kier molecular flexibility index (Phi) is 16.8. The number of hydrogen-bond donors (Lipinski definition) is 0. The minimum atomic E-state index is -1.06. The molecule has 0 unspecified atom stereocenters. The van der Waals surface area contributed by atoms with Crippen molar-refractivity contribution in [3.05, 3.63) is 94.0 Å². The van der Waals surface area contributed by atoms with Crippen LogP contribution in [0.5, 0.6) is 11.5 Å². The van der Waals surface area contributed by atoms with Crippen molar-refractivity contribution in [3.8, 4) is 11.5 Å². The molecule has 4 aromatic carbocycles. The Labute approximate surface area is 301 Å². The van der Waals surface area contributed by atoms with Crippen molar-refractivity contribution in [1.82, 2.24) is 0 Å². The molecule has 0 bridgehead atoms. The van der Waals surface area contributed by atoms with Gasteiger partial charge in [0.2, 0.25) is 0 Å². The second-order valence-corrected chi connectivity index (χ2v) is 19.3. The summed E-state index contributed by atoms with van der Waals surface area (Å²) in [4.78, 5) is 9.70. The normalized spacial score (nSPS) is 11.8. The Morgan fingerprint density at radius 2 is 1.23 bits per heavy atom. The molecular formula is C42H56N2NiO2Si. The van der Waals surface area contributed by atoms with Gasteiger partial charge < -0.3 is 10.2 Å². The molecule has 0 aliphatic rings. The maximum absolute atomic E-state index is 11.5. The molecule has 4 aromatic rings. The number of rotatable bonds is 13. The van der Waals surface area contributed by atoms with Crippen molar-refractivity contribution in [2.45, 2.75) is 119 Å². The van der Waals surface area contributed by atoms with Crippen molar-refractivity contribution in [3.63, 3.8) is 0 Å². The second kappa shape index (κ2) is 19.7. The molecule has 0 aliphatic heterocycles. The molecule has 6 heteroatoms. The zero-order valence-electron chi connectivity index (χ0n) is 30.7. The number of unbranched alkanes of at least 4 members (excludes halogenated alkanes) is 1. The van der Waals surface area contributed by atoms with E-state index in [1.165, 1.54) is 46.0 Å². The van der Waals surface area contributed by atoms with Gasteiger partial charge in [-0.1, -0.05) is 103 Å². The predicted octanol–water partition coefficient (Wildman–Crippen LogP) is 10.8. The molecular weight excluding hydrogens is 651 g/mol. The number of aliphatic imine (C=N–C) groups is 2. The summed E-state index contributed by atoms with van der Waals surface area (Å²) < 4.78 is 0. The number of fused-ring (bicyclic) bond motifs is 1. The minimum absolute atomic E-state index is 0. The molecule has 0 aromatic heterocycles. The van der Waals surface area contributed by atoms with Crippen LogP contribution in [0.15, 0.2) is 70.6 Å². The van der Waals surface area contributed by atoms with Crippen LogP contribution in [0, 0.1) is 6.92 Å². The fourth-order valence-electron chi connectivity index (χ4n) is 5.85. The van der Waals surface area contributed by atoms with Crippen molar-refractivity contribution in [2.24, 2.45) is 9.98 Å². The topological polar surface area (TPSA) is 70.8 Å². The van der Waals surface area contributed by atoms with Gasteiger partial charge in [0.05, 0.1) is 17.1 Å². The summed E-state index contributed by atoms with van der Waals surface area (Å²) in [5.41, 5.74) is 11.2. The van der Waals surface area contributed by atoms with E-state index >= 15 is 0 Å². The molecule has 0 fully saturated rings. The zero-order chi connectivity index (χ0) is 34.6. The van der Waals surface area contributed by atoms with Crippen molar-refractivity contribution in [1.29, 1.82) is 0 Å². The first-order valence-electron chi connectivity index (χ1n) is 17.7. The predicted molar refractivity (Wildman–Crippen MR) is 205 cm³/mol. The molecule has 4 nitrogen and oxygen atoms in total. The van der Waals surface area contributed by atoms with Crippen LogP contribution >= 0.6 is 0 Å². The first kappa shape index (κ1) is 41.0. The Hall–Kier alpha value is -3.21. The summed E-state index contributed by atoms with van der Waals surface area (Å²) in [5, 5.41) is 24.7. The smallest absolute Gasteiger partial charge is 0.873 e. The van der Waals surface area contributed by atoms with E-state index < -0.39 is 19.6 Å². The van der Waals surface area contributed by atoms with Gasteiger partial charge in [-0.05, 0) is 120 Å².